The summed E-state index contributed by atoms with van der Waals surface area (Å²) >= 11 is 0. The van der Waals surface area contributed by atoms with Crippen LogP contribution in [0.2, 0.25) is 0 Å². The molecule has 1 atom stereocenters. The fraction of sp³-hybridized carbons (Fsp3) is 0.529. The Balaban J connectivity index is 1.91. The highest BCUT2D eigenvalue weighted by Gasteiger charge is 2.24. The molecule has 0 aliphatic heterocycles. The molecule has 0 bridgehead atoms. The summed E-state index contributed by atoms with van der Waals surface area (Å²) in [5.41, 5.74) is 2.67. The lowest BCUT2D eigenvalue weighted by Gasteiger charge is -2.32. The van der Waals surface area contributed by atoms with Crippen LogP contribution in [0.4, 0.5) is 4.79 Å². The van der Waals surface area contributed by atoms with E-state index in [1.807, 2.05) is 24.9 Å². The molecule has 0 spiro atoms. The highest BCUT2D eigenvalue weighted by molar-refractivity contribution is 5.95. The fourth-order valence-corrected chi connectivity index (χ4v) is 2.97. The molecule has 0 aromatic heterocycles. The summed E-state index contributed by atoms with van der Waals surface area (Å²) in [5, 5.41) is 5.02. The minimum atomic E-state index is -0.413. The van der Waals surface area contributed by atoms with Gasteiger partial charge in [0.25, 0.3) is 0 Å². The number of hydrogen-bond donors (Lipinski definition) is 2. The molecule has 5 nitrogen and oxygen atoms in total. The Bertz CT molecular complexity index is 530. The van der Waals surface area contributed by atoms with E-state index in [2.05, 4.69) is 28.8 Å². The molecule has 2 N–H and O–H groups in total. The van der Waals surface area contributed by atoms with E-state index in [1.54, 1.807) is 0 Å². The number of rotatable bonds is 5. The predicted octanol–water partition coefficient (Wildman–Crippen LogP) is 2.23. The molecule has 2 rings (SSSR count). The van der Waals surface area contributed by atoms with E-state index < -0.39 is 6.03 Å². The molecule has 1 aliphatic carbocycles. The molecule has 5 heteroatoms. The zero-order chi connectivity index (χ0) is 15.9. The highest BCUT2D eigenvalue weighted by Crippen LogP contribution is 2.33. The van der Waals surface area contributed by atoms with Gasteiger partial charge in [-0.15, -0.1) is 0 Å². The molecule has 1 aliphatic rings. The van der Waals surface area contributed by atoms with Crippen LogP contribution in [0.1, 0.15) is 43.4 Å². The molecule has 1 aromatic rings. The lowest BCUT2D eigenvalue weighted by Crippen LogP contribution is -2.44. The second-order valence-corrected chi connectivity index (χ2v) is 5.83. The van der Waals surface area contributed by atoms with E-state index in [0.29, 0.717) is 6.54 Å². The first-order valence-electron chi connectivity index (χ1n) is 7.97. The van der Waals surface area contributed by atoms with Gasteiger partial charge in [-0.25, -0.2) is 4.79 Å². The number of carbonyl (C=O) groups is 2. The number of imide groups is 1. The van der Waals surface area contributed by atoms with Gasteiger partial charge in [0.1, 0.15) is 0 Å². The number of fused-ring (bicyclic) bond motifs is 1. The number of benzene rings is 1. The molecule has 0 radical (unpaired) electrons. The van der Waals surface area contributed by atoms with Gasteiger partial charge in [-0.2, -0.15) is 0 Å². The van der Waals surface area contributed by atoms with E-state index in [1.165, 1.54) is 11.1 Å². The maximum atomic E-state index is 12.0. The first-order chi connectivity index (χ1) is 10.6. The third-order valence-corrected chi connectivity index (χ3v) is 4.05. The zero-order valence-electron chi connectivity index (χ0n) is 13.4. The van der Waals surface area contributed by atoms with E-state index >= 15 is 0 Å². The monoisotopic (exact) mass is 303 g/mol. The van der Waals surface area contributed by atoms with Gasteiger partial charge >= 0.3 is 6.03 Å². The number of likely N-dealkylation sites (N-methyl/N-ethyl adjacent to an activating group) is 1. The van der Waals surface area contributed by atoms with Crippen molar-refractivity contribution in [3.8, 4) is 0 Å². The molecule has 0 saturated carbocycles. The Kier molecular flexibility index (Phi) is 5.95. The minimum Gasteiger partial charge on any atom is -0.338 e. The quantitative estimate of drug-likeness (QED) is 0.877. The number of nitrogens with zero attached hydrogens (tertiary/aromatic N) is 1. The van der Waals surface area contributed by atoms with Crippen LogP contribution >= 0.6 is 0 Å². The van der Waals surface area contributed by atoms with Gasteiger partial charge in [0.2, 0.25) is 5.91 Å². The smallest absolute Gasteiger partial charge is 0.321 e. The Morgan fingerprint density at radius 1 is 1.32 bits per heavy atom. The van der Waals surface area contributed by atoms with Crippen molar-refractivity contribution < 1.29 is 9.59 Å². The highest BCUT2D eigenvalue weighted by atomic mass is 16.2. The first kappa shape index (κ1) is 16.5. The second-order valence-electron chi connectivity index (χ2n) is 5.83. The van der Waals surface area contributed by atoms with Gasteiger partial charge in [0.05, 0.1) is 6.54 Å². The van der Waals surface area contributed by atoms with Crippen molar-refractivity contribution in [2.45, 2.75) is 38.6 Å². The zero-order valence-corrected chi connectivity index (χ0v) is 13.4. The summed E-state index contributed by atoms with van der Waals surface area (Å²) in [7, 11) is 1.94. The molecule has 120 valence electrons. The number of amides is 3. The second kappa shape index (κ2) is 7.94. The van der Waals surface area contributed by atoms with Crippen molar-refractivity contribution >= 4 is 11.9 Å². The van der Waals surface area contributed by atoms with Crippen LogP contribution in [0.3, 0.4) is 0 Å². The molecule has 0 fully saturated rings. The van der Waals surface area contributed by atoms with Gasteiger partial charge in [-0.1, -0.05) is 31.2 Å². The maximum Gasteiger partial charge on any atom is 0.321 e. The normalized spacial score (nSPS) is 17.0. The Labute approximate surface area is 132 Å². The first-order valence-corrected chi connectivity index (χ1v) is 7.97. The SMILES string of the molecule is CCCNC(=O)NC(=O)CN(C)[C@@H]1CCCc2ccccc21. The number of carbonyl (C=O) groups excluding carboxylic acids is 2. The average Bonchev–Trinajstić information content (AvgIpc) is 2.52. The summed E-state index contributed by atoms with van der Waals surface area (Å²) in [5.74, 6) is -0.265. The maximum absolute atomic E-state index is 12.0. The summed E-state index contributed by atoms with van der Waals surface area (Å²) in [6, 6.07) is 8.24. The van der Waals surface area contributed by atoms with E-state index in [4.69, 9.17) is 0 Å². The van der Waals surface area contributed by atoms with Gasteiger partial charge in [0, 0.05) is 12.6 Å². The lowest BCUT2D eigenvalue weighted by molar-refractivity contribution is -0.121. The Morgan fingerprint density at radius 3 is 2.86 bits per heavy atom. The molecular weight excluding hydrogens is 278 g/mol. The summed E-state index contributed by atoms with van der Waals surface area (Å²) < 4.78 is 0. The number of aryl methyl sites for hydroxylation is 1. The van der Waals surface area contributed by atoms with Crippen molar-refractivity contribution in [1.82, 2.24) is 15.5 Å². The topological polar surface area (TPSA) is 61.4 Å². The van der Waals surface area contributed by atoms with Crippen molar-refractivity contribution in [3.05, 3.63) is 35.4 Å². The summed E-state index contributed by atoms with van der Waals surface area (Å²) in [6.07, 6.45) is 4.12. The predicted molar refractivity (Wildman–Crippen MR) is 86.6 cm³/mol. The largest absolute Gasteiger partial charge is 0.338 e. The third kappa shape index (κ3) is 4.31. The van der Waals surface area contributed by atoms with Crippen LogP contribution in [-0.2, 0) is 11.2 Å². The molecule has 3 amide bonds. The van der Waals surface area contributed by atoms with Gasteiger partial charge < -0.3 is 5.32 Å². The molecule has 0 saturated heterocycles. The van der Waals surface area contributed by atoms with Gasteiger partial charge in [-0.3, -0.25) is 15.0 Å². The standard InChI is InChI=1S/C17H25N3O2/c1-3-11-18-17(22)19-16(21)12-20(2)15-10-6-8-13-7-4-5-9-14(13)15/h4-5,7,9,15H,3,6,8,10-12H2,1-2H3,(H2,18,19,21,22)/t15-/m1/s1. The van der Waals surface area contributed by atoms with E-state index in [-0.39, 0.29) is 18.5 Å². The van der Waals surface area contributed by atoms with Crippen LogP contribution < -0.4 is 10.6 Å². The van der Waals surface area contributed by atoms with Gasteiger partial charge in [0.15, 0.2) is 0 Å². The lowest BCUT2D eigenvalue weighted by atomic mass is 9.87. The summed E-state index contributed by atoms with van der Waals surface area (Å²) in [4.78, 5) is 25.5. The Morgan fingerprint density at radius 2 is 2.09 bits per heavy atom. The number of hydrogen-bond acceptors (Lipinski definition) is 3. The molecule has 0 heterocycles. The van der Waals surface area contributed by atoms with Gasteiger partial charge in [-0.05, 0) is 43.9 Å². The summed E-state index contributed by atoms with van der Waals surface area (Å²) in [6.45, 7) is 2.76. The number of nitrogens with one attached hydrogen (secondary N) is 2. The van der Waals surface area contributed by atoms with Crippen molar-refractivity contribution in [2.75, 3.05) is 20.1 Å². The van der Waals surface area contributed by atoms with Crippen molar-refractivity contribution in [1.29, 1.82) is 0 Å². The van der Waals surface area contributed by atoms with Crippen LogP contribution in [0.25, 0.3) is 0 Å². The van der Waals surface area contributed by atoms with Crippen LogP contribution in [0, 0.1) is 0 Å². The molecule has 0 unspecified atom stereocenters. The van der Waals surface area contributed by atoms with Crippen LogP contribution in [0.15, 0.2) is 24.3 Å². The van der Waals surface area contributed by atoms with Crippen LogP contribution in [-0.4, -0.2) is 37.0 Å². The van der Waals surface area contributed by atoms with E-state index in [9.17, 15) is 9.59 Å². The van der Waals surface area contributed by atoms with E-state index in [0.717, 1.165) is 25.7 Å². The average molecular weight is 303 g/mol. The Hall–Kier alpha value is -1.88. The van der Waals surface area contributed by atoms with Crippen molar-refractivity contribution in [3.63, 3.8) is 0 Å². The fourth-order valence-electron chi connectivity index (χ4n) is 2.97. The van der Waals surface area contributed by atoms with Crippen molar-refractivity contribution in [2.24, 2.45) is 0 Å². The number of urea groups is 1. The minimum absolute atomic E-state index is 0.221. The molecule has 22 heavy (non-hydrogen) atoms. The third-order valence-electron chi connectivity index (χ3n) is 4.05. The molecule has 1 aromatic carbocycles. The van der Waals surface area contributed by atoms with Crippen LogP contribution in [0.5, 0.6) is 0 Å². The molecular formula is C17H25N3O2.